The molecular weight excluding hydrogens is 360 g/mol. The number of hydrogen-bond acceptors (Lipinski definition) is 7. The number of anilines is 1. The van der Waals surface area contributed by atoms with Gasteiger partial charge >= 0.3 is 5.97 Å². The lowest BCUT2D eigenvalue weighted by Gasteiger charge is -2.10. The fourth-order valence-electron chi connectivity index (χ4n) is 3.15. The summed E-state index contributed by atoms with van der Waals surface area (Å²) < 4.78 is 4.89. The number of carbonyl (C=O) groups is 1. The highest BCUT2D eigenvalue weighted by Gasteiger charge is 2.20. The van der Waals surface area contributed by atoms with Gasteiger partial charge < -0.3 is 10.1 Å². The number of aromatic nitrogens is 3. The number of nitrogens with one attached hydrogen (secondary N) is 1. The molecule has 0 radical (unpaired) electrons. The number of methoxy groups -OCH3 is 1. The number of pyridine rings is 1. The van der Waals surface area contributed by atoms with Gasteiger partial charge in [0.05, 0.1) is 18.0 Å². The van der Waals surface area contributed by atoms with Crippen LogP contribution in [-0.4, -0.2) is 28.0 Å². The third kappa shape index (κ3) is 3.10. The molecule has 0 unspecified atom stereocenters. The first-order valence-corrected chi connectivity index (χ1v) is 9.32. The van der Waals surface area contributed by atoms with Crippen LogP contribution in [0.5, 0.6) is 0 Å². The molecule has 3 aromatic heterocycles. The van der Waals surface area contributed by atoms with Crippen molar-refractivity contribution in [2.45, 2.75) is 20.4 Å². The molecule has 0 amide bonds. The highest BCUT2D eigenvalue weighted by Crippen LogP contribution is 2.34. The van der Waals surface area contributed by atoms with Crippen LogP contribution >= 0.6 is 11.3 Å². The Bertz CT molecular complexity index is 1160. The number of para-hydroxylation sites is 1. The highest BCUT2D eigenvalue weighted by atomic mass is 32.1. The standard InChI is InChI=1S/C20H18N4O2S/c1-11-15-18(23-12(2)24-19(15)27-17(11)20(25)26-3)22-10-14-7-4-6-13-8-5-9-21-16(13)14/h4-9H,10H2,1-3H3,(H,22,23,24). The molecule has 0 aliphatic rings. The smallest absolute Gasteiger partial charge is 0.348 e. The van der Waals surface area contributed by atoms with Gasteiger partial charge in [0.25, 0.3) is 0 Å². The van der Waals surface area contributed by atoms with Crippen LogP contribution in [0, 0.1) is 13.8 Å². The molecule has 0 saturated heterocycles. The maximum Gasteiger partial charge on any atom is 0.348 e. The first-order valence-electron chi connectivity index (χ1n) is 8.51. The SMILES string of the molecule is COC(=O)c1sc2nc(C)nc(NCc3cccc4cccnc34)c2c1C. The minimum atomic E-state index is -0.350. The zero-order valence-electron chi connectivity index (χ0n) is 15.2. The van der Waals surface area contributed by atoms with Gasteiger partial charge in [-0.05, 0) is 31.0 Å². The van der Waals surface area contributed by atoms with Gasteiger partial charge in [0, 0.05) is 18.1 Å². The maximum absolute atomic E-state index is 12.0. The molecule has 0 atom stereocenters. The number of rotatable bonds is 4. The molecule has 0 aliphatic carbocycles. The van der Waals surface area contributed by atoms with Crippen molar-refractivity contribution >= 4 is 44.2 Å². The van der Waals surface area contributed by atoms with E-state index in [0.29, 0.717) is 23.1 Å². The molecule has 0 bridgehead atoms. The normalized spacial score (nSPS) is 11.1. The van der Waals surface area contributed by atoms with Crippen molar-refractivity contribution in [3.05, 3.63) is 58.4 Å². The summed E-state index contributed by atoms with van der Waals surface area (Å²) in [5, 5.41) is 5.37. The molecular formula is C20H18N4O2S. The predicted molar refractivity (Wildman–Crippen MR) is 107 cm³/mol. The van der Waals surface area contributed by atoms with Crippen LogP contribution in [0.3, 0.4) is 0 Å². The van der Waals surface area contributed by atoms with Gasteiger partial charge in [0.15, 0.2) is 0 Å². The Labute approximate surface area is 160 Å². The van der Waals surface area contributed by atoms with Crippen LogP contribution in [0.1, 0.15) is 26.6 Å². The number of benzene rings is 1. The average molecular weight is 378 g/mol. The Hall–Kier alpha value is -3.06. The number of hydrogen-bond donors (Lipinski definition) is 1. The van der Waals surface area contributed by atoms with Crippen LogP contribution in [0.25, 0.3) is 21.1 Å². The number of aryl methyl sites for hydroxylation is 2. The number of ether oxygens (including phenoxy) is 1. The maximum atomic E-state index is 12.0. The average Bonchev–Trinajstić information content (AvgIpc) is 3.01. The monoisotopic (exact) mass is 378 g/mol. The summed E-state index contributed by atoms with van der Waals surface area (Å²) in [5.74, 6) is 1.02. The summed E-state index contributed by atoms with van der Waals surface area (Å²) in [6.07, 6.45) is 1.80. The van der Waals surface area contributed by atoms with E-state index >= 15 is 0 Å². The number of carbonyl (C=O) groups excluding carboxylic acids is 1. The van der Waals surface area contributed by atoms with Crippen LogP contribution < -0.4 is 5.32 Å². The quantitative estimate of drug-likeness (QED) is 0.535. The zero-order valence-corrected chi connectivity index (χ0v) is 16.1. The van der Waals surface area contributed by atoms with Crippen LogP contribution in [0.2, 0.25) is 0 Å². The van der Waals surface area contributed by atoms with Crippen LogP contribution in [0.4, 0.5) is 5.82 Å². The fraction of sp³-hybridized carbons (Fsp3) is 0.200. The molecule has 4 aromatic rings. The molecule has 0 aliphatic heterocycles. The topological polar surface area (TPSA) is 77.0 Å². The number of thiophene rings is 1. The Morgan fingerprint density at radius 2 is 2.00 bits per heavy atom. The van der Waals surface area contributed by atoms with Gasteiger partial charge in [-0.15, -0.1) is 11.3 Å². The van der Waals surface area contributed by atoms with Gasteiger partial charge in [-0.25, -0.2) is 14.8 Å². The van der Waals surface area contributed by atoms with Crippen molar-refractivity contribution in [1.82, 2.24) is 15.0 Å². The fourth-order valence-corrected chi connectivity index (χ4v) is 4.29. The van der Waals surface area contributed by atoms with Crippen molar-refractivity contribution < 1.29 is 9.53 Å². The first kappa shape index (κ1) is 17.4. The summed E-state index contributed by atoms with van der Waals surface area (Å²) in [5.41, 5.74) is 2.88. The Morgan fingerprint density at radius 1 is 1.19 bits per heavy atom. The second-order valence-electron chi connectivity index (χ2n) is 6.19. The molecule has 27 heavy (non-hydrogen) atoms. The third-order valence-corrected chi connectivity index (χ3v) is 5.60. The van der Waals surface area contributed by atoms with Crippen molar-refractivity contribution in [1.29, 1.82) is 0 Å². The van der Waals surface area contributed by atoms with Gasteiger partial charge in [0.2, 0.25) is 0 Å². The van der Waals surface area contributed by atoms with E-state index in [0.717, 1.165) is 32.2 Å². The van der Waals surface area contributed by atoms with Crippen molar-refractivity contribution in [2.75, 3.05) is 12.4 Å². The Morgan fingerprint density at radius 3 is 2.81 bits per heavy atom. The molecule has 0 saturated carbocycles. The second kappa shape index (κ2) is 6.92. The molecule has 1 N–H and O–H groups in total. The number of esters is 1. The molecule has 0 spiro atoms. The second-order valence-corrected chi connectivity index (χ2v) is 7.19. The van der Waals surface area contributed by atoms with Crippen LogP contribution in [-0.2, 0) is 11.3 Å². The summed E-state index contributed by atoms with van der Waals surface area (Å²) in [7, 11) is 1.38. The van der Waals surface area contributed by atoms with Crippen LogP contribution in [0.15, 0.2) is 36.5 Å². The minimum absolute atomic E-state index is 0.350. The molecule has 7 heteroatoms. The zero-order chi connectivity index (χ0) is 19.0. The van der Waals surface area contributed by atoms with E-state index in [9.17, 15) is 4.79 Å². The summed E-state index contributed by atoms with van der Waals surface area (Å²) in [6, 6.07) is 10.1. The van der Waals surface area contributed by atoms with Crippen molar-refractivity contribution in [3.8, 4) is 0 Å². The predicted octanol–water partition coefficient (Wildman–Crippen LogP) is 4.26. The van der Waals surface area contributed by atoms with Gasteiger partial charge in [-0.1, -0.05) is 24.3 Å². The lowest BCUT2D eigenvalue weighted by molar-refractivity contribution is 0.0605. The molecule has 0 fully saturated rings. The minimum Gasteiger partial charge on any atom is -0.465 e. The first-order chi connectivity index (χ1) is 13.1. The van der Waals surface area contributed by atoms with E-state index in [1.165, 1.54) is 18.4 Å². The van der Waals surface area contributed by atoms with Gasteiger partial charge in [0.1, 0.15) is 21.3 Å². The lowest BCUT2D eigenvalue weighted by atomic mass is 10.1. The van der Waals surface area contributed by atoms with E-state index in [2.05, 4.69) is 20.3 Å². The van der Waals surface area contributed by atoms with E-state index in [1.807, 2.05) is 44.2 Å². The molecule has 3 heterocycles. The summed E-state index contributed by atoms with van der Waals surface area (Å²) >= 11 is 1.33. The van der Waals surface area contributed by atoms with E-state index in [1.54, 1.807) is 6.20 Å². The highest BCUT2D eigenvalue weighted by molar-refractivity contribution is 7.20. The van der Waals surface area contributed by atoms with Crippen molar-refractivity contribution in [3.63, 3.8) is 0 Å². The summed E-state index contributed by atoms with van der Waals surface area (Å²) in [4.78, 5) is 26.9. The largest absolute Gasteiger partial charge is 0.465 e. The molecule has 6 nitrogen and oxygen atoms in total. The van der Waals surface area contributed by atoms with Crippen molar-refractivity contribution in [2.24, 2.45) is 0 Å². The van der Waals surface area contributed by atoms with Gasteiger partial charge in [-0.2, -0.15) is 0 Å². The molecule has 4 rings (SSSR count). The Balaban J connectivity index is 1.75. The Kier molecular flexibility index (Phi) is 4.45. The van der Waals surface area contributed by atoms with Gasteiger partial charge in [-0.3, -0.25) is 4.98 Å². The number of fused-ring (bicyclic) bond motifs is 2. The molecule has 1 aromatic carbocycles. The summed E-state index contributed by atoms with van der Waals surface area (Å²) in [6.45, 7) is 4.31. The lowest BCUT2D eigenvalue weighted by Crippen LogP contribution is -2.05. The molecule has 136 valence electrons. The number of nitrogens with zero attached hydrogens (tertiary/aromatic N) is 3. The third-order valence-electron chi connectivity index (χ3n) is 4.44. The van der Waals surface area contributed by atoms with E-state index in [4.69, 9.17) is 4.74 Å². The van der Waals surface area contributed by atoms with E-state index in [-0.39, 0.29) is 5.97 Å². The van der Waals surface area contributed by atoms with E-state index < -0.39 is 0 Å².